The SMILES string of the molecule is CC12CC3C=CC(C)(C1)C3CC2=O. The van der Waals surface area contributed by atoms with Crippen LogP contribution >= 0.6 is 0 Å². The number of carbonyl (C=O) groups excluding carboxylic acids is 1. The summed E-state index contributed by atoms with van der Waals surface area (Å²) in [5.41, 5.74) is 0.364. The predicted octanol–water partition coefficient (Wildman–Crippen LogP) is 2.57. The molecule has 3 fully saturated rings. The Morgan fingerprint density at radius 2 is 2.23 bits per heavy atom. The van der Waals surface area contributed by atoms with Crippen molar-refractivity contribution in [2.75, 3.05) is 0 Å². The van der Waals surface area contributed by atoms with Gasteiger partial charge in [-0.25, -0.2) is 0 Å². The Kier molecular flexibility index (Phi) is 1.15. The average molecular weight is 176 g/mol. The van der Waals surface area contributed by atoms with E-state index < -0.39 is 0 Å². The Bertz CT molecular complexity index is 317. The Morgan fingerprint density at radius 3 is 2.85 bits per heavy atom. The fourth-order valence-corrected chi connectivity index (χ4v) is 3.97. The summed E-state index contributed by atoms with van der Waals surface area (Å²) in [6.45, 7) is 4.50. The molecule has 4 aliphatic carbocycles. The molecule has 0 amide bonds. The molecule has 4 rings (SSSR count). The molecule has 4 bridgehead atoms. The summed E-state index contributed by atoms with van der Waals surface area (Å²) in [7, 11) is 0. The zero-order valence-electron chi connectivity index (χ0n) is 8.34. The maximum atomic E-state index is 11.8. The van der Waals surface area contributed by atoms with Gasteiger partial charge in [0.05, 0.1) is 0 Å². The lowest BCUT2D eigenvalue weighted by Crippen LogP contribution is -2.51. The molecule has 0 aliphatic heterocycles. The fourth-order valence-electron chi connectivity index (χ4n) is 3.97. The van der Waals surface area contributed by atoms with Crippen molar-refractivity contribution < 1.29 is 4.79 Å². The van der Waals surface area contributed by atoms with E-state index in [1.807, 2.05) is 0 Å². The first kappa shape index (κ1) is 7.78. The topological polar surface area (TPSA) is 17.1 Å². The van der Waals surface area contributed by atoms with Gasteiger partial charge in [-0.05, 0) is 30.1 Å². The molecular weight excluding hydrogens is 160 g/mol. The summed E-state index contributed by atoms with van der Waals surface area (Å²) in [6.07, 6.45) is 7.78. The van der Waals surface area contributed by atoms with Crippen LogP contribution in [0.5, 0.6) is 0 Å². The average Bonchev–Trinajstić information content (AvgIpc) is 2.28. The van der Waals surface area contributed by atoms with Gasteiger partial charge >= 0.3 is 0 Å². The van der Waals surface area contributed by atoms with Crippen LogP contribution in [0.4, 0.5) is 0 Å². The summed E-state index contributed by atoms with van der Waals surface area (Å²) in [6, 6.07) is 0. The van der Waals surface area contributed by atoms with Crippen LogP contribution in [0.25, 0.3) is 0 Å². The summed E-state index contributed by atoms with van der Waals surface area (Å²) in [5.74, 6) is 1.87. The number of hydrogen-bond acceptors (Lipinski definition) is 1. The number of carbonyl (C=O) groups is 1. The number of allylic oxidation sites excluding steroid dienone is 2. The summed E-state index contributed by atoms with van der Waals surface area (Å²) >= 11 is 0. The third-order valence-corrected chi connectivity index (χ3v) is 4.62. The fraction of sp³-hybridized carbons (Fsp3) is 0.750. The third kappa shape index (κ3) is 0.762. The summed E-state index contributed by atoms with van der Waals surface area (Å²) < 4.78 is 0. The molecule has 0 aromatic rings. The van der Waals surface area contributed by atoms with E-state index in [2.05, 4.69) is 26.0 Å². The Hall–Kier alpha value is -0.590. The molecule has 0 aromatic carbocycles. The summed E-state index contributed by atoms with van der Waals surface area (Å²) in [5, 5.41) is 0. The van der Waals surface area contributed by atoms with Crippen molar-refractivity contribution in [3.8, 4) is 0 Å². The number of fused-ring (bicyclic) bond motifs is 1. The number of Topliss-reactive ketones (excluding diaryl/α,β-unsaturated/α-hetero) is 1. The zero-order valence-corrected chi connectivity index (χ0v) is 8.34. The van der Waals surface area contributed by atoms with Crippen molar-refractivity contribution in [2.24, 2.45) is 22.7 Å². The first-order valence-corrected chi connectivity index (χ1v) is 5.26. The lowest BCUT2D eigenvalue weighted by atomic mass is 9.50. The molecule has 70 valence electrons. The van der Waals surface area contributed by atoms with Crippen LogP contribution < -0.4 is 0 Å². The van der Waals surface area contributed by atoms with Crippen molar-refractivity contribution in [1.29, 1.82) is 0 Å². The molecule has 0 heterocycles. The molecule has 0 N–H and O–H groups in total. The van der Waals surface area contributed by atoms with Crippen LogP contribution in [-0.2, 0) is 4.79 Å². The lowest BCUT2D eigenvalue weighted by Gasteiger charge is -2.53. The molecule has 0 radical (unpaired) electrons. The normalized spacial score (nSPS) is 57.5. The van der Waals surface area contributed by atoms with Gasteiger partial charge in [0.25, 0.3) is 0 Å². The predicted molar refractivity (Wildman–Crippen MR) is 51.2 cm³/mol. The van der Waals surface area contributed by atoms with Gasteiger partial charge in [-0.3, -0.25) is 4.79 Å². The van der Waals surface area contributed by atoms with Gasteiger partial charge in [0, 0.05) is 11.8 Å². The lowest BCUT2D eigenvalue weighted by molar-refractivity contribution is -0.145. The van der Waals surface area contributed by atoms with Crippen LogP contribution in [0, 0.1) is 22.7 Å². The van der Waals surface area contributed by atoms with Gasteiger partial charge in [0.1, 0.15) is 5.78 Å². The molecule has 13 heavy (non-hydrogen) atoms. The highest BCUT2D eigenvalue weighted by Gasteiger charge is 2.59. The van der Waals surface area contributed by atoms with Crippen LogP contribution in [0.15, 0.2) is 12.2 Å². The highest BCUT2D eigenvalue weighted by atomic mass is 16.1. The molecule has 3 saturated carbocycles. The first-order valence-electron chi connectivity index (χ1n) is 5.26. The van der Waals surface area contributed by atoms with E-state index in [1.54, 1.807) is 0 Å². The van der Waals surface area contributed by atoms with E-state index >= 15 is 0 Å². The standard InChI is InChI=1S/C12H16O/c1-11-4-3-8-6-12(2,7-11)10(13)5-9(8)11/h3-4,8-9H,5-7H2,1-2H3. The highest BCUT2D eigenvalue weighted by Crippen LogP contribution is 2.63. The first-order chi connectivity index (χ1) is 6.04. The molecule has 0 spiro atoms. The minimum Gasteiger partial charge on any atom is -0.299 e. The van der Waals surface area contributed by atoms with Gasteiger partial charge in [0.2, 0.25) is 0 Å². The molecule has 4 unspecified atom stereocenters. The molecule has 0 saturated heterocycles. The van der Waals surface area contributed by atoms with E-state index in [4.69, 9.17) is 0 Å². The smallest absolute Gasteiger partial charge is 0.139 e. The van der Waals surface area contributed by atoms with Crippen molar-refractivity contribution >= 4 is 5.78 Å². The van der Waals surface area contributed by atoms with Crippen LogP contribution in [0.1, 0.15) is 33.1 Å². The van der Waals surface area contributed by atoms with Gasteiger partial charge in [-0.15, -0.1) is 0 Å². The van der Waals surface area contributed by atoms with E-state index in [-0.39, 0.29) is 5.41 Å². The van der Waals surface area contributed by atoms with Gasteiger partial charge < -0.3 is 0 Å². The van der Waals surface area contributed by atoms with Gasteiger partial charge in [0.15, 0.2) is 0 Å². The van der Waals surface area contributed by atoms with Crippen LogP contribution in [0.3, 0.4) is 0 Å². The van der Waals surface area contributed by atoms with E-state index in [9.17, 15) is 4.79 Å². The van der Waals surface area contributed by atoms with Gasteiger partial charge in [-0.2, -0.15) is 0 Å². The maximum Gasteiger partial charge on any atom is 0.139 e. The molecule has 1 nitrogen and oxygen atoms in total. The van der Waals surface area contributed by atoms with Gasteiger partial charge in [-0.1, -0.05) is 26.0 Å². The number of hydrogen-bond donors (Lipinski definition) is 0. The Balaban J connectivity index is 2.10. The minimum atomic E-state index is 0.0116. The molecule has 1 heteroatoms. The monoisotopic (exact) mass is 176 g/mol. The van der Waals surface area contributed by atoms with Crippen molar-refractivity contribution in [1.82, 2.24) is 0 Å². The van der Waals surface area contributed by atoms with E-state index in [0.717, 1.165) is 19.3 Å². The second kappa shape index (κ2) is 1.92. The molecule has 4 atom stereocenters. The molecular formula is C12H16O. The van der Waals surface area contributed by atoms with Crippen molar-refractivity contribution in [3.05, 3.63) is 12.2 Å². The largest absolute Gasteiger partial charge is 0.299 e. The molecule has 4 aliphatic rings. The maximum absolute atomic E-state index is 11.8. The second-order valence-electron chi connectivity index (χ2n) is 5.70. The van der Waals surface area contributed by atoms with Crippen LogP contribution in [0.2, 0.25) is 0 Å². The Labute approximate surface area is 79.2 Å². The Morgan fingerprint density at radius 1 is 1.46 bits per heavy atom. The highest BCUT2D eigenvalue weighted by molar-refractivity contribution is 5.87. The van der Waals surface area contributed by atoms with Crippen LogP contribution in [-0.4, -0.2) is 5.78 Å². The van der Waals surface area contributed by atoms with E-state index in [0.29, 0.717) is 23.0 Å². The summed E-state index contributed by atoms with van der Waals surface area (Å²) in [4.78, 5) is 11.8. The second-order valence-corrected chi connectivity index (χ2v) is 5.70. The third-order valence-electron chi connectivity index (χ3n) is 4.62. The number of rotatable bonds is 0. The van der Waals surface area contributed by atoms with Crippen molar-refractivity contribution in [3.63, 3.8) is 0 Å². The number of ketones is 1. The van der Waals surface area contributed by atoms with E-state index in [1.165, 1.54) is 0 Å². The quantitative estimate of drug-likeness (QED) is 0.518. The molecule has 0 aromatic heterocycles. The zero-order chi connectivity index (χ0) is 9.27. The van der Waals surface area contributed by atoms with Crippen molar-refractivity contribution in [2.45, 2.75) is 33.1 Å². The minimum absolute atomic E-state index is 0.0116.